The van der Waals surface area contributed by atoms with Crippen molar-refractivity contribution < 1.29 is 9.59 Å². The molecule has 32 heavy (non-hydrogen) atoms. The number of nitrogens with one attached hydrogen (secondary N) is 1. The monoisotopic (exact) mass is 468 g/mol. The summed E-state index contributed by atoms with van der Waals surface area (Å²) in [7, 11) is 1.58. The zero-order valence-electron chi connectivity index (χ0n) is 18.1. The number of halogens is 2. The summed E-state index contributed by atoms with van der Waals surface area (Å²) in [5, 5.41) is 3.63. The van der Waals surface area contributed by atoms with Gasteiger partial charge < -0.3 is 10.2 Å². The molecular weight excluding hydrogens is 443 g/mol. The van der Waals surface area contributed by atoms with Crippen LogP contribution in [0.4, 0.5) is 0 Å². The molecule has 0 saturated carbocycles. The molecule has 4 nitrogen and oxygen atoms in total. The van der Waals surface area contributed by atoms with Crippen LogP contribution in [0.25, 0.3) is 0 Å². The van der Waals surface area contributed by atoms with Crippen LogP contribution >= 0.6 is 23.2 Å². The maximum Gasteiger partial charge on any atom is 0.242 e. The molecular formula is C26H26Cl2N2O2. The van der Waals surface area contributed by atoms with E-state index in [-0.39, 0.29) is 24.8 Å². The summed E-state index contributed by atoms with van der Waals surface area (Å²) >= 11 is 12.8. The highest BCUT2D eigenvalue weighted by Gasteiger charge is 2.31. The lowest BCUT2D eigenvalue weighted by molar-refractivity contribution is -0.140. The first kappa shape index (κ1) is 23.8. The molecule has 2 amide bonds. The fourth-order valence-electron chi connectivity index (χ4n) is 3.65. The number of amides is 2. The molecule has 1 atom stereocenters. The Morgan fingerprint density at radius 3 is 2.16 bits per heavy atom. The lowest BCUT2D eigenvalue weighted by atomic mass is 10.0. The number of hydrogen-bond acceptors (Lipinski definition) is 2. The van der Waals surface area contributed by atoms with Crippen molar-refractivity contribution in [2.24, 2.45) is 0 Å². The Balaban J connectivity index is 2.01. The van der Waals surface area contributed by atoms with Crippen molar-refractivity contribution in [3.05, 3.63) is 105 Å². The third kappa shape index (κ3) is 5.90. The van der Waals surface area contributed by atoms with Gasteiger partial charge in [-0.15, -0.1) is 0 Å². The van der Waals surface area contributed by atoms with E-state index in [0.29, 0.717) is 22.0 Å². The Kier molecular flexibility index (Phi) is 8.32. The molecule has 0 aromatic heterocycles. The van der Waals surface area contributed by atoms with Crippen LogP contribution in [0.5, 0.6) is 0 Å². The van der Waals surface area contributed by atoms with Gasteiger partial charge in [-0.1, -0.05) is 83.9 Å². The first-order valence-corrected chi connectivity index (χ1v) is 11.2. The van der Waals surface area contributed by atoms with Crippen molar-refractivity contribution in [1.82, 2.24) is 10.2 Å². The average Bonchev–Trinajstić information content (AvgIpc) is 2.79. The van der Waals surface area contributed by atoms with Gasteiger partial charge in [-0.05, 0) is 35.7 Å². The number of carbonyl (C=O) groups is 2. The number of aryl methyl sites for hydroxylation is 1. The van der Waals surface area contributed by atoms with Crippen molar-refractivity contribution in [1.29, 1.82) is 0 Å². The largest absolute Gasteiger partial charge is 0.357 e. The molecule has 0 bridgehead atoms. The van der Waals surface area contributed by atoms with Crippen LogP contribution in [0, 0.1) is 6.92 Å². The Hall–Kier alpha value is -2.82. The van der Waals surface area contributed by atoms with E-state index in [2.05, 4.69) is 5.32 Å². The maximum atomic E-state index is 13.6. The van der Waals surface area contributed by atoms with Crippen LogP contribution in [0.2, 0.25) is 10.0 Å². The minimum absolute atomic E-state index is 0.133. The maximum absolute atomic E-state index is 13.6. The molecule has 3 aromatic rings. The summed E-state index contributed by atoms with van der Waals surface area (Å²) in [6.45, 7) is 2.10. The molecule has 3 rings (SSSR count). The van der Waals surface area contributed by atoms with Gasteiger partial charge in [-0.25, -0.2) is 0 Å². The first-order chi connectivity index (χ1) is 15.4. The van der Waals surface area contributed by atoms with Crippen LogP contribution in [0.15, 0.2) is 72.8 Å². The average molecular weight is 469 g/mol. The van der Waals surface area contributed by atoms with Gasteiger partial charge in [-0.3, -0.25) is 9.59 Å². The van der Waals surface area contributed by atoms with Crippen molar-refractivity contribution in [3.63, 3.8) is 0 Å². The number of carbonyl (C=O) groups excluding carboxylic acids is 2. The van der Waals surface area contributed by atoms with E-state index < -0.39 is 6.04 Å². The number of benzene rings is 3. The highest BCUT2D eigenvalue weighted by molar-refractivity contribution is 6.36. The molecule has 0 aliphatic heterocycles. The van der Waals surface area contributed by atoms with E-state index in [4.69, 9.17) is 23.2 Å². The molecule has 1 N–H and O–H groups in total. The second-order valence-corrected chi connectivity index (χ2v) is 8.46. The highest BCUT2D eigenvalue weighted by Crippen LogP contribution is 2.27. The summed E-state index contributed by atoms with van der Waals surface area (Å²) in [5.74, 6) is -0.407. The van der Waals surface area contributed by atoms with Gasteiger partial charge in [0.05, 0.1) is 6.42 Å². The fourth-order valence-corrected chi connectivity index (χ4v) is 4.16. The van der Waals surface area contributed by atoms with Crippen molar-refractivity contribution in [2.75, 3.05) is 7.05 Å². The predicted octanol–water partition coefficient (Wildman–Crippen LogP) is 5.23. The Labute approximate surface area is 199 Å². The molecule has 0 aliphatic rings. The van der Waals surface area contributed by atoms with Crippen molar-refractivity contribution in [3.8, 4) is 0 Å². The van der Waals surface area contributed by atoms with Gasteiger partial charge in [-0.2, -0.15) is 0 Å². The van der Waals surface area contributed by atoms with Crippen LogP contribution < -0.4 is 5.32 Å². The highest BCUT2D eigenvalue weighted by atomic mass is 35.5. The summed E-state index contributed by atoms with van der Waals surface area (Å²) in [5.41, 5.74) is 3.52. The fraction of sp³-hybridized carbons (Fsp3) is 0.231. The number of likely N-dealkylation sites (N-methyl/N-ethyl adjacent to an activating group) is 1. The number of rotatable bonds is 8. The molecule has 0 aliphatic carbocycles. The minimum atomic E-state index is -0.716. The Morgan fingerprint density at radius 2 is 1.53 bits per heavy atom. The molecule has 0 saturated heterocycles. The topological polar surface area (TPSA) is 49.4 Å². The lowest BCUT2D eigenvalue weighted by Crippen LogP contribution is -2.50. The van der Waals surface area contributed by atoms with E-state index in [0.717, 1.165) is 16.7 Å². The predicted molar refractivity (Wildman–Crippen MR) is 130 cm³/mol. The molecule has 6 heteroatoms. The SMILES string of the molecule is CNC(=O)C(Cc1ccccc1)N(Cc1c(Cl)cccc1Cl)C(=O)Cc1ccccc1C. The van der Waals surface area contributed by atoms with Gasteiger partial charge in [0.15, 0.2) is 0 Å². The van der Waals surface area contributed by atoms with E-state index in [1.165, 1.54) is 0 Å². The van der Waals surface area contributed by atoms with Gasteiger partial charge in [0, 0.05) is 35.6 Å². The van der Waals surface area contributed by atoms with E-state index in [1.807, 2.05) is 61.5 Å². The van der Waals surface area contributed by atoms with Gasteiger partial charge in [0.1, 0.15) is 6.04 Å². The smallest absolute Gasteiger partial charge is 0.242 e. The lowest BCUT2D eigenvalue weighted by Gasteiger charge is -2.32. The van der Waals surface area contributed by atoms with Crippen LogP contribution in [-0.4, -0.2) is 29.8 Å². The molecule has 0 fully saturated rings. The second kappa shape index (κ2) is 11.2. The van der Waals surface area contributed by atoms with Crippen LogP contribution in [0.1, 0.15) is 22.3 Å². The normalized spacial score (nSPS) is 11.6. The first-order valence-electron chi connectivity index (χ1n) is 10.4. The van der Waals surface area contributed by atoms with E-state index in [9.17, 15) is 9.59 Å². The van der Waals surface area contributed by atoms with E-state index in [1.54, 1.807) is 30.1 Å². The molecule has 0 heterocycles. The minimum Gasteiger partial charge on any atom is -0.357 e. The summed E-state index contributed by atoms with van der Waals surface area (Å²) < 4.78 is 0. The molecule has 1 unspecified atom stereocenters. The Morgan fingerprint density at radius 1 is 0.906 bits per heavy atom. The molecule has 166 valence electrons. The number of nitrogens with zero attached hydrogens (tertiary/aromatic N) is 1. The summed E-state index contributed by atoms with van der Waals surface area (Å²) in [6.07, 6.45) is 0.555. The second-order valence-electron chi connectivity index (χ2n) is 7.64. The van der Waals surface area contributed by atoms with Crippen molar-refractivity contribution in [2.45, 2.75) is 32.4 Å². The van der Waals surface area contributed by atoms with E-state index >= 15 is 0 Å². The summed E-state index contributed by atoms with van der Waals surface area (Å²) in [4.78, 5) is 28.2. The quantitative estimate of drug-likeness (QED) is 0.491. The summed E-state index contributed by atoms with van der Waals surface area (Å²) in [6, 6.07) is 21.9. The third-order valence-corrected chi connectivity index (χ3v) is 6.22. The van der Waals surface area contributed by atoms with Gasteiger partial charge >= 0.3 is 0 Å². The molecule has 0 radical (unpaired) electrons. The van der Waals surface area contributed by atoms with Crippen LogP contribution in [-0.2, 0) is 29.0 Å². The number of hydrogen-bond donors (Lipinski definition) is 1. The zero-order valence-corrected chi connectivity index (χ0v) is 19.7. The standard InChI is InChI=1S/C26H26Cl2N2O2/c1-18-9-6-7-12-20(18)16-25(31)30(17-21-22(27)13-8-14-23(21)28)24(26(32)29-2)15-19-10-4-3-5-11-19/h3-14,24H,15-17H2,1-2H3,(H,29,32). The van der Waals surface area contributed by atoms with Gasteiger partial charge in [0.2, 0.25) is 11.8 Å². The zero-order chi connectivity index (χ0) is 23.1. The molecule has 0 spiro atoms. The third-order valence-electron chi connectivity index (χ3n) is 5.51. The van der Waals surface area contributed by atoms with Crippen LogP contribution in [0.3, 0.4) is 0 Å². The van der Waals surface area contributed by atoms with Crippen molar-refractivity contribution >= 4 is 35.0 Å². The Bertz CT molecular complexity index is 1070. The van der Waals surface area contributed by atoms with Gasteiger partial charge in [0.25, 0.3) is 0 Å². The molecule has 3 aromatic carbocycles.